The number of aliphatic carboxylic acids is 1. The number of nitrogens with one attached hydrogen (secondary N) is 1. The summed E-state index contributed by atoms with van der Waals surface area (Å²) in [6, 6.07) is 7.08. The van der Waals surface area contributed by atoms with Crippen LogP contribution in [0, 0.1) is 11.8 Å². The topological polar surface area (TPSA) is 75.6 Å². The van der Waals surface area contributed by atoms with Crippen LogP contribution in [0.4, 0.5) is 0 Å². The number of hydrogen-bond acceptors (Lipinski definition) is 3. The number of carbonyl (C=O) groups is 2. The van der Waals surface area contributed by atoms with Gasteiger partial charge in [0, 0.05) is 6.54 Å². The molecule has 0 saturated heterocycles. The maximum absolute atomic E-state index is 12.3. The van der Waals surface area contributed by atoms with Crippen LogP contribution in [-0.4, -0.2) is 30.1 Å². The highest BCUT2D eigenvalue weighted by Crippen LogP contribution is 2.30. The van der Waals surface area contributed by atoms with E-state index in [-0.39, 0.29) is 12.5 Å². The lowest BCUT2D eigenvalue weighted by atomic mass is 10.0. The van der Waals surface area contributed by atoms with E-state index >= 15 is 0 Å². The third-order valence-electron chi connectivity index (χ3n) is 3.80. The third kappa shape index (κ3) is 4.76. The standard InChI is InChI=1S/C17H23NO4/c1-2-5-13(17(20)21)10-18-16(19)14-6-3-4-7-15(14)22-11-12-8-9-12/h3-4,6-7,12-13H,2,5,8-11H2,1H3,(H,18,19)(H,20,21). The van der Waals surface area contributed by atoms with Gasteiger partial charge in [0.15, 0.2) is 0 Å². The number of carboxylic acid groups (broad SMARTS) is 1. The average molecular weight is 305 g/mol. The Hall–Kier alpha value is -2.04. The molecule has 1 aliphatic carbocycles. The second-order valence-electron chi connectivity index (χ2n) is 5.78. The lowest BCUT2D eigenvalue weighted by molar-refractivity contribution is -0.141. The molecule has 0 spiro atoms. The maximum Gasteiger partial charge on any atom is 0.308 e. The summed E-state index contributed by atoms with van der Waals surface area (Å²) in [6.07, 6.45) is 3.70. The van der Waals surface area contributed by atoms with Gasteiger partial charge < -0.3 is 15.2 Å². The van der Waals surface area contributed by atoms with Gasteiger partial charge in [-0.3, -0.25) is 9.59 Å². The molecule has 22 heavy (non-hydrogen) atoms. The molecular weight excluding hydrogens is 282 g/mol. The second kappa shape index (κ2) is 7.82. The van der Waals surface area contributed by atoms with E-state index in [0.717, 1.165) is 6.42 Å². The first kappa shape index (κ1) is 16.3. The minimum absolute atomic E-state index is 0.138. The number of ether oxygens (including phenoxy) is 1. The van der Waals surface area contributed by atoms with Crippen LogP contribution in [-0.2, 0) is 4.79 Å². The Kier molecular flexibility index (Phi) is 5.81. The number of para-hydroxylation sites is 1. The molecule has 1 saturated carbocycles. The molecule has 1 aromatic carbocycles. The molecule has 1 aromatic rings. The van der Waals surface area contributed by atoms with Crippen molar-refractivity contribution < 1.29 is 19.4 Å². The van der Waals surface area contributed by atoms with Gasteiger partial charge in [0.05, 0.1) is 18.1 Å². The van der Waals surface area contributed by atoms with Crippen molar-refractivity contribution in [1.29, 1.82) is 0 Å². The van der Waals surface area contributed by atoms with Crippen molar-refractivity contribution in [2.45, 2.75) is 32.6 Å². The molecule has 0 aromatic heterocycles. The van der Waals surface area contributed by atoms with Crippen molar-refractivity contribution in [2.24, 2.45) is 11.8 Å². The molecule has 0 bridgehead atoms. The van der Waals surface area contributed by atoms with Gasteiger partial charge >= 0.3 is 5.97 Å². The highest BCUT2D eigenvalue weighted by molar-refractivity contribution is 5.97. The van der Waals surface area contributed by atoms with Crippen molar-refractivity contribution in [3.05, 3.63) is 29.8 Å². The monoisotopic (exact) mass is 305 g/mol. The highest BCUT2D eigenvalue weighted by Gasteiger charge is 2.23. The predicted molar refractivity (Wildman–Crippen MR) is 83.0 cm³/mol. The first-order valence-corrected chi connectivity index (χ1v) is 7.84. The zero-order valence-corrected chi connectivity index (χ0v) is 12.9. The molecule has 120 valence electrons. The van der Waals surface area contributed by atoms with E-state index in [4.69, 9.17) is 9.84 Å². The van der Waals surface area contributed by atoms with E-state index in [1.165, 1.54) is 12.8 Å². The molecular formula is C17H23NO4. The van der Waals surface area contributed by atoms with Crippen LogP contribution < -0.4 is 10.1 Å². The van der Waals surface area contributed by atoms with E-state index in [0.29, 0.717) is 30.3 Å². The lowest BCUT2D eigenvalue weighted by Crippen LogP contribution is -2.33. The SMILES string of the molecule is CCCC(CNC(=O)c1ccccc1OCC1CC1)C(=O)O. The van der Waals surface area contributed by atoms with E-state index in [9.17, 15) is 9.59 Å². The number of benzene rings is 1. The first-order valence-electron chi connectivity index (χ1n) is 7.84. The van der Waals surface area contributed by atoms with Crippen LogP contribution in [0.2, 0.25) is 0 Å². The Balaban J connectivity index is 1.94. The summed E-state index contributed by atoms with van der Waals surface area (Å²) in [6.45, 7) is 2.70. The summed E-state index contributed by atoms with van der Waals surface area (Å²) in [5.41, 5.74) is 0.462. The summed E-state index contributed by atoms with van der Waals surface area (Å²) in [5.74, 6) is -0.533. The molecule has 2 N–H and O–H groups in total. The Morgan fingerprint density at radius 1 is 1.36 bits per heavy atom. The fourth-order valence-corrected chi connectivity index (χ4v) is 2.24. The zero-order valence-electron chi connectivity index (χ0n) is 12.9. The molecule has 1 unspecified atom stereocenters. The molecule has 5 nitrogen and oxygen atoms in total. The van der Waals surface area contributed by atoms with Crippen LogP contribution in [0.15, 0.2) is 24.3 Å². The van der Waals surface area contributed by atoms with E-state index in [2.05, 4.69) is 5.32 Å². The fourth-order valence-electron chi connectivity index (χ4n) is 2.24. The van der Waals surface area contributed by atoms with Gasteiger partial charge in [-0.2, -0.15) is 0 Å². The van der Waals surface area contributed by atoms with E-state index in [1.54, 1.807) is 18.2 Å². The van der Waals surface area contributed by atoms with E-state index in [1.807, 2.05) is 13.0 Å². The molecule has 0 radical (unpaired) electrons. The molecule has 1 fully saturated rings. The summed E-state index contributed by atoms with van der Waals surface area (Å²) in [4.78, 5) is 23.4. The quantitative estimate of drug-likeness (QED) is 0.735. The Morgan fingerprint density at radius 3 is 2.73 bits per heavy atom. The van der Waals surface area contributed by atoms with Crippen molar-refractivity contribution in [3.63, 3.8) is 0 Å². The van der Waals surface area contributed by atoms with Crippen LogP contribution in [0.1, 0.15) is 43.0 Å². The van der Waals surface area contributed by atoms with Gasteiger partial charge in [-0.05, 0) is 37.3 Å². The second-order valence-corrected chi connectivity index (χ2v) is 5.78. The Bertz CT molecular complexity index is 525. The number of carboxylic acids is 1. The zero-order chi connectivity index (χ0) is 15.9. The predicted octanol–water partition coefficient (Wildman–Crippen LogP) is 2.71. The summed E-state index contributed by atoms with van der Waals surface area (Å²) >= 11 is 0. The van der Waals surface area contributed by atoms with Crippen molar-refractivity contribution in [2.75, 3.05) is 13.2 Å². The number of amides is 1. The van der Waals surface area contributed by atoms with Crippen molar-refractivity contribution in [3.8, 4) is 5.75 Å². The average Bonchev–Trinajstić information content (AvgIpc) is 3.33. The number of carbonyl (C=O) groups excluding carboxylic acids is 1. The van der Waals surface area contributed by atoms with Gasteiger partial charge in [0.2, 0.25) is 0 Å². The largest absolute Gasteiger partial charge is 0.492 e. The smallest absolute Gasteiger partial charge is 0.308 e. The lowest BCUT2D eigenvalue weighted by Gasteiger charge is -2.14. The summed E-state index contributed by atoms with van der Waals surface area (Å²) in [7, 11) is 0. The van der Waals surface area contributed by atoms with Crippen LogP contribution >= 0.6 is 0 Å². The normalized spacial score (nSPS) is 15.1. The van der Waals surface area contributed by atoms with Crippen LogP contribution in [0.25, 0.3) is 0 Å². The maximum atomic E-state index is 12.3. The molecule has 1 atom stereocenters. The summed E-state index contributed by atoms with van der Waals surface area (Å²) in [5, 5.41) is 11.8. The van der Waals surface area contributed by atoms with Gasteiger partial charge in [-0.15, -0.1) is 0 Å². The van der Waals surface area contributed by atoms with Gasteiger partial charge in [0.25, 0.3) is 5.91 Å². The molecule has 5 heteroatoms. The van der Waals surface area contributed by atoms with Gasteiger partial charge in [-0.1, -0.05) is 25.5 Å². The third-order valence-corrected chi connectivity index (χ3v) is 3.80. The molecule has 1 amide bonds. The fraction of sp³-hybridized carbons (Fsp3) is 0.529. The molecule has 2 rings (SSSR count). The van der Waals surface area contributed by atoms with Crippen LogP contribution in [0.3, 0.4) is 0 Å². The molecule has 0 aliphatic heterocycles. The number of rotatable bonds is 9. The van der Waals surface area contributed by atoms with Crippen molar-refractivity contribution >= 4 is 11.9 Å². The minimum Gasteiger partial charge on any atom is -0.492 e. The highest BCUT2D eigenvalue weighted by atomic mass is 16.5. The Morgan fingerprint density at radius 2 is 2.09 bits per heavy atom. The van der Waals surface area contributed by atoms with Gasteiger partial charge in [-0.25, -0.2) is 0 Å². The summed E-state index contributed by atoms with van der Waals surface area (Å²) < 4.78 is 5.71. The van der Waals surface area contributed by atoms with Gasteiger partial charge in [0.1, 0.15) is 5.75 Å². The van der Waals surface area contributed by atoms with E-state index < -0.39 is 11.9 Å². The minimum atomic E-state index is -0.875. The molecule has 0 heterocycles. The Labute approximate surface area is 130 Å². The number of hydrogen-bond donors (Lipinski definition) is 2. The van der Waals surface area contributed by atoms with Crippen LogP contribution in [0.5, 0.6) is 5.75 Å². The molecule has 1 aliphatic rings. The van der Waals surface area contributed by atoms with Crippen molar-refractivity contribution in [1.82, 2.24) is 5.32 Å². The first-order chi connectivity index (χ1) is 10.6.